The first-order valence-corrected chi connectivity index (χ1v) is 7.54. The van der Waals surface area contributed by atoms with E-state index in [0.29, 0.717) is 0 Å². The molecule has 1 N–H and O–H groups in total. The molecule has 0 amide bonds. The molecule has 0 aromatic carbocycles. The Labute approximate surface area is 113 Å². The largest absolute Gasteiger partial charge is 0.303 e. The Morgan fingerprint density at radius 1 is 1.44 bits per heavy atom. The second kappa shape index (κ2) is 7.76. The lowest BCUT2D eigenvalue weighted by atomic mass is 9.91. The van der Waals surface area contributed by atoms with Crippen LogP contribution in [0, 0.1) is 17.2 Å². The fourth-order valence-corrected chi connectivity index (χ4v) is 2.76. The summed E-state index contributed by atoms with van der Waals surface area (Å²) in [6.45, 7) is 11.2. The van der Waals surface area contributed by atoms with Crippen molar-refractivity contribution in [2.45, 2.75) is 58.4 Å². The maximum Gasteiger partial charge on any atom is 0.106 e. The van der Waals surface area contributed by atoms with E-state index in [0.717, 1.165) is 44.7 Å². The van der Waals surface area contributed by atoms with Crippen molar-refractivity contribution in [3.63, 3.8) is 0 Å². The van der Waals surface area contributed by atoms with E-state index in [2.05, 4.69) is 37.1 Å². The maximum absolute atomic E-state index is 9.41. The van der Waals surface area contributed by atoms with Crippen molar-refractivity contribution in [1.82, 2.24) is 10.2 Å². The molecule has 0 saturated carbocycles. The van der Waals surface area contributed by atoms with Gasteiger partial charge in [-0.2, -0.15) is 5.26 Å². The zero-order chi connectivity index (χ0) is 13.4. The maximum atomic E-state index is 9.41. The van der Waals surface area contributed by atoms with Crippen LogP contribution in [0.15, 0.2) is 0 Å². The van der Waals surface area contributed by atoms with Crippen LogP contribution in [0.2, 0.25) is 0 Å². The van der Waals surface area contributed by atoms with Crippen LogP contribution in [-0.4, -0.2) is 36.6 Å². The SMILES string of the molecule is CCCNC(C#N)(CC)CCCN1CCC(C)C1. The standard InChI is InChI=1S/C15H29N3/c1-4-9-17-15(5-2,13-16)8-6-10-18-11-7-14(3)12-18/h14,17H,4-12H2,1-3H3. The van der Waals surface area contributed by atoms with E-state index in [9.17, 15) is 5.26 Å². The van der Waals surface area contributed by atoms with E-state index < -0.39 is 0 Å². The minimum Gasteiger partial charge on any atom is -0.303 e. The molecule has 2 unspecified atom stereocenters. The summed E-state index contributed by atoms with van der Waals surface area (Å²) >= 11 is 0. The van der Waals surface area contributed by atoms with Crippen LogP contribution in [0.1, 0.15) is 52.9 Å². The molecule has 1 rings (SSSR count). The monoisotopic (exact) mass is 251 g/mol. The predicted molar refractivity (Wildman–Crippen MR) is 76.4 cm³/mol. The Kier molecular flexibility index (Phi) is 6.67. The smallest absolute Gasteiger partial charge is 0.106 e. The number of nitrogens with one attached hydrogen (secondary N) is 1. The first-order valence-electron chi connectivity index (χ1n) is 7.54. The van der Waals surface area contributed by atoms with E-state index in [1.807, 2.05) is 0 Å². The van der Waals surface area contributed by atoms with E-state index >= 15 is 0 Å². The van der Waals surface area contributed by atoms with E-state index in [-0.39, 0.29) is 5.54 Å². The van der Waals surface area contributed by atoms with Gasteiger partial charge in [-0.1, -0.05) is 20.8 Å². The second-order valence-corrected chi connectivity index (χ2v) is 5.77. The summed E-state index contributed by atoms with van der Waals surface area (Å²) in [5.41, 5.74) is -0.290. The normalized spacial score (nSPS) is 23.8. The molecule has 0 aliphatic carbocycles. The third kappa shape index (κ3) is 4.59. The molecule has 0 radical (unpaired) electrons. The Morgan fingerprint density at radius 3 is 2.72 bits per heavy atom. The van der Waals surface area contributed by atoms with Gasteiger partial charge in [0.05, 0.1) is 6.07 Å². The molecule has 1 heterocycles. The summed E-state index contributed by atoms with van der Waals surface area (Å²) in [7, 11) is 0. The third-order valence-electron chi connectivity index (χ3n) is 4.12. The number of nitriles is 1. The molecule has 0 spiro atoms. The lowest BCUT2D eigenvalue weighted by molar-refractivity contribution is 0.290. The lowest BCUT2D eigenvalue weighted by Crippen LogP contribution is -2.44. The van der Waals surface area contributed by atoms with Gasteiger partial charge >= 0.3 is 0 Å². The zero-order valence-electron chi connectivity index (χ0n) is 12.3. The Bertz CT molecular complexity index is 271. The van der Waals surface area contributed by atoms with Crippen LogP contribution >= 0.6 is 0 Å². The van der Waals surface area contributed by atoms with Gasteiger partial charge in [0.2, 0.25) is 0 Å². The number of rotatable bonds is 8. The molecule has 0 aromatic rings. The van der Waals surface area contributed by atoms with Crippen molar-refractivity contribution in [3.05, 3.63) is 0 Å². The highest BCUT2D eigenvalue weighted by atomic mass is 15.1. The molecule has 104 valence electrons. The third-order valence-corrected chi connectivity index (χ3v) is 4.12. The average Bonchev–Trinajstić information content (AvgIpc) is 2.80. The van der Waals surface area contributed by atoms with Crippen molar-refractivity contribution < 1.29 is 0 Å². The summed E-state index contributed by atoms with van der Waals surface area (Å²) in [6.07, 6.45) is 5.44. The quantitative estimate of drug-likeness (QED) is 0.721. The van der Waals surface area contributed by atoms with Crippen molar-refractivity contribution in [2.75, 3.05) is 26.2 Å². The molecule has 0 aromatic heterocycles. The molecule has 2 atom stereocenters. The highest BCUT2D eigenvalue weighted by Crippen LogP contribution is 2.20. The van der Waals surface area contributed by atoms with E-state index in [1.54, 1.807) is 0 Å². The lowest BCUT2D eigenvalue weighted by Gasteiger charge is -2.27. The highest BCUT2D eigenvalue weighted by molar-refractivity contribution is 5.06. The van der Waals surface area contributed by atoms with Crippen molar-refractivity contribution in [2.24, 2.45) is 5.92 Å². The molecule has 1 aliphatic rings. The molecule has 1 fully saturated rings. The molecule has 0 bridgehead atoms. The molecule has 1 saturated heterocycles. The van der Waals surface area contributed by atoms with E-state index in [4.69, 9.17) is 0 Å². The summed E-state index contributed by atoms with van der Waals surface area (Å²) < 4.78 is 0. The van der Waals surface area contributed by atoms with Crippen molar-refractivity contribution in [3.8, 4) is 6.07 Å². The molecule has 18 heavy (non-hydrogen) atoms. The number of likely N-dealkylation sites (tertiary alicyclic amines) is 1. The summed E-state index contributed by atoms with van der Waals surface area (Å²) in [5, 5.41) is 12.8. The van der Waals surface area contributed by atoms with Gasteiger partial charge in [0.25, 0.3) is 0 Å². The molecule has 1 aliphatic heterocycles. The Balaban J connectivity index is 2.31. The van der Waals surface area contributed by atoms with Crippen LogP contribution in [-0.2, 0) is 0 Å². The Hall–Kier alpha value is -0.590. The predicted octanol–water partition coefficient (Wildman–Crippen LogP) is 2.78. The minimum absolute atomic E-state index is 0.290. The van der Waals surface area contributed by atoms with Gasteiger partial charge in [0.1, 0.15) is 5.54 Å². The molecular formula is C15H29N3. The fourth-order valence-electron chi connectivity index (χ4n) is 2.76. The number of hydrogen-bond donors (Lipinski definition) is 1. The second-order valence-electron chi connectivity index (χ2n) is 5.77. The topological polar surface area (TPSA) is 39.1 Å². The summed E-state index contributed by atoms with van der Waals surface area (Å²) in [6, 6.07) is 2.50. The van der Waals surface area contributed by atoms with Gasteiger partial charge in [-0.25, -0.2) is 0 Å². The van der Waals surface area contributed by atoms with Gasteiger partial charge in [-0.3, -0.25) is 5.32 Å². The van der Waals surface area contributed by atoms with E-state index in [1.165, 1.54) is 19.5 Å². The zero-order valence-corrected chi connectivity index (χ0v) is 12.3. The van der Waals surface area contributed by atoms with Crippen LogP contribution in [0.25, 0.3) is 0 Å². The van der Waals surface area contributed by atoms with Gasteiger partial charge in [0, 0.05) is 6.54 Å². The first-order chi connectivity index (χ1) is 8.65. The van der Waals surface area contributed by atoms with Gasteiger partial charge < -0.3 is 4.90 Å². The molecule has 3 heteroatoms. The van der Waals surface area contributed by atoms with Gasteiger partial charge in [0.15, 0.2) is 0 Å². The highest BCUT2D eigenvalue weighted by Gasteiger charge is 2.27. The fraction of sp³-hybridized carbons (Fsp3) is 0.933. The number of nitrogens with zero attached hydrogens (tertiary/aromatic N) is 2. The van der Waals surface area contributed by atoms with Crippen molar-refractivity contribution >= 4 is 0 Å². The summed E-state index contributed by atoms with van der Waals surface area (Å²) in [5.74, 6) is 0.857. The average molecular weight is 251 g/mol. The Morgan fingerprint density at radius 2 is 2.22 bits per heavy atom. The van der Waals surface area contributed by atoms with Crippen LogP contribution in [0.5, 0.6) is 0 Å². The molecule has 3 nitrogen and oxygen atoms in total. The van der Waals surface area contributed by atoms with Crippen molar-refractivity contribution in [1.29, 1.82) is 5.26 Å². The minimum atomic E-state index is -0.290. The van der Waals surface area contributed by atoms with Crippen LogP contribution < -0.4 is 5.32 Å². The molecular weight excluding hydrogens is 222 g/mol. The number of hydrogen-bond acceptors (Lipinski definition) is 3. The first kappa shape index (κ1) is 15.5. The summed E-state index contributed by atoms with van der Waals surface area (Å²) in [4.78, 5) is 2.54. The van der Waals surface area contributed by atoms with Crippen LogP contribution in [0.3, 0.4) is 0 Å². The van der Waals surface area contributed by atoms with Gasteiger partial charge in [-0.05, 0) is 57.7 Å². The van der Waals surface area contributed by atoms with Gasteiger partial charge in [-0.15, -0.1) is 0 Å². The van der Waals surface area contributed by atoms with Crippen LogP contribution in [0.4, 0.5) is 0 Å².